The molecule has 0 amide bonds. The van der Waals surface area contributed by atoms with E-state index in [0.29, 0.717) is 5.69 Å². The number of H-pyrrole nitrogens is 1. The average molecular weight is 215 g/mol. The molecule has 3 nitrogen and oxygen atoms in total. The van der Waals surface area contributed by atoms with Gasteiger partial charge in [0, 0.05) is 5.69 Å². The van der Waals surface area contributed by atoms with Gasteiger partial charge in [0.1, 0.15) is 5.69 Å². The quantitative estimate of drug-likeness (QED) is 0.783. The van der Waals surface area contributed by atoms with Crippen LogP contribution in [0.2, 0.25) is 0 Å². The molecule has 0 aliphatic carbocycles. The number of methoxy groups -OCH3 is 1. The molecular weight excluding hydrogens is 202 g/mol. The second kappa shape index (κ2) is 4.23. The average Bonchev–Trinajstić information content (AvgIpc) is 2.77. The Hall–Kier alpha value is -2.03. The van der Waals surface area contributed by atoms with E-state index in [1.165, 1.54) is 12.7 Å². The minimum Gasteiger partial charge on any atom is -0.464 e. The standard InChI is InChI=1S/C13H13NO2/c1-9-4-3-5-10(8-9)11-6-7-12(14-11)13(15)16-2/h3-8,14H,1-2H3. The maximum Gasteiger partial charge on any atom is 0.354 e. The van der Waals surface area contributed by atoms with Crippen LogP contribution in [0.1, 0.15) is 16.1 Å². The summed E-state index contributed by atoms with van der Waals surface area (Å²) < 4.78 is 4.64. The summed E-state index contributed by atoms with van der Waals surface area (Å²) in [6.45, 7) is 2.04. The zero-order chi connectivity index (χ0) is 11.5. The first-order chi connectivity index (χ1) is 7.70. The number of benzene rings is 1. The summed E-state index contributed by atoms with van der Waals surface area (Å²) >= 11 is 0. The van der Waals surface area contributed by atoms with E-state index in [9.17, 15) is 4.79 Å². The summed E-state index contributed by atoms with van der Waals surface area (Å²) in [5.41, 5.74) is 3.64. The van der Waals surface area contributed by atoms with Crippen molar-refractivity contribution in [3.05, 3.63) is 47.7 Å². The molecule has 0 unspecified atom stereocenters. The van der Waals surface area contributed by atoms with E-state index in [2.05, 4.69) is 15.8 Å². The van der Waals surface area contributed by atoms with Gasteiger partial charge in [-0.05, 0) is 30.7 Å². The first-order valence-electron chi connectivity index (χ1n) is 5.05. The lowest BCUT2D eigenvalue weighted by Crippen LogP contribution is -2.00. The van der Waals surface area contributed by atoms with Crippen molar-refractivity contribution in [3.8, 4) is 11.3 Å². The Morgan fingerprint density at radius 2 is 2.06 bits per heavy atom. The highest BCUT2D eigenvalue weighted by molar-refractivity contribution is 5.88. The van der Waals surface area contributed by atoms with Gasteiger partial charge < -0.3 is 9.72 Å². The molecule has 1 aromatic carbocycles. The third-order valence-corrected chi connectivity index (χ3v) is 2.42. The first kappa shape index (κ1) is 10.5. The highest BCUT2D eigenvalue weighted by atomic mass is 16.5. The molecule has 0 aliphatic heterocycles. The molecule has 82 valence electrons. The fourth-order valence-electron chi connectivity index (χ4n) is 1.61. The van der Waals surface area contributed by atoms with Gasteiger partial charge in [-0.3, -0.25) is 0 Å². The number of rotatable bonds is 2. The highest BCUT2D eigenvalue weighted by Gasteiger charge is 2.08. The minimum atomic E-state index is -0.348. The van der Waals surface area contributed by atoms with Crippen LogP contribution in [0.3, 0.4) is 0 Å². The van der Waals surface area contributed by atoms with E-state index in [1.54, 1.807) is 6.07 Å². The van der Waals surface area contributed by atoms with Crippen molar-refractivity contribution >= 4 is 5.97 Å². The van der Waals surface area contributed by atoms with Crippen molar-refractivity contribution in [2.75, 3.05) is 7.11 Å². The molecule has 0 spiro atoms. The molecule has 0 atom stereocenters. The van der Waals surface area contributed by atoms with Gasteiger partial charge in [0.05, 0.1) is 7.11 Å². The third kappa shape index (κ3) is 1.98. The largest absolute Gasteiger partial charge is 0.464 e. The first-order valence-corrected chi connectivity index (χ1v) is 5.05. The summed E-state index contributed by atoms with van der Waals surface area (Å²) in [7, 11) is 1.37. The van der Waals surface area contributed by atoms with Crippen molar-refractivity contribution < 1.29 is 9.53 Å². The lowest BCUT2D eigenvalue weighted by molar-refractivity contribution is 0.0595. The smallest absolute Gasteiger partial charge is 0.354 e. The van der Waals surface area contributed by atoms with Crippen molar-refractivity contribution in [2.45, 2.75) is 6.92 Å². The lowest BCUT2D eigenvalue weighted by Gasteiger charge is -1.99. The van der Waals surface area contributed by atoms with E-state index in [4.69, 9.17) is 0 Å². The number of aromatic nitrogens is 1. The molecule has 1 N–H and O–H groups in total. The van der Waals surface area contributed by atoms with Crippen molar-refractivity contribution in [2.24, 2.45) is 0 Å². The Kier molecular flexibility index (Phi) is 2.77. The molecule has 1 aromatic heterocycles. The Morgan fingerprint density at radius 1 is 1.25 bits per heavy atom. The number of carbonyl (C=O) groups excluding carboxylic acids is 1. The second-order valence-corrected chi connectivity index (χ2v) is 3.65. The molecule has 1 heterocycles. The van der Waals surface area contributed by atoms with E-state index < -0.39 is 0 Å². The molecule has 0 saturated carbocycles. The fraction of sp³-hybridized carbons (Fsp3) is 0.154. The summed E-state index contributed by atoms with van der Waals surface area (Å²) in [5.74, 6) is -0.348. The Balaban J connectivity index is 2.35. The van der Waals surface area contributed by atoms with E-state index in [-0.39, 0.29) is 5.97 Å². The van der Waals surface area contributed by atoms with Crippen LogP contribution in [0.15, 0.2) is 36.4 Å². The summed E-state index contributed by atoms with van der Waals surface area (Å²) in [4.78, 5) is 14.3. The van der Waals surface area contributed by atoms with Gasteiger partial charge in [-0.15, -0.1) is 0 Å². The van der Waals surface area contributed by atoms with Gasteiger partial charge in [-0.25, -0.2) is 4.79 Å². The molecule has 0 fully saturated rings. The van der Waals surface area contributed by atoms with Crippen LogP contribution < -0.4 is 0 Å². The van der Waals surface area contributed by atoms with Gasteiger partial charge in [-0.1, -0.05) is 23.8 Å². The number of aromatic amines is 1. The van der Waals surface area contributed by atoms with Crippen LogP contribution in [0, 0.1) is 6.92 Å². The van der Waals surface area contributed by atoms with E-state index in [1.807, 2.05) is 31.2 Å². The summed E-state index contributed by atoms with van der Waals surface area (Å²) in [6, 6.07) is 11.7. The van der Waals surface area contributed by atoms with Crippen LogP contribution in [0.5, 0.6) is 0 Å². The van der Waals surface area contributed by atoms with Gasteiger partial charge >= 0.3 is 5.97 Å². The Bertz CT molecular complexity index is 514. The number of ether oxygens (including phenoxy) is 1. The third-order valence-electron chi connectivity index (χ3n) is 2.42. The Morgan fingerprint density at radius 3 is 2.75 bits per heavy atom. The monoisotopic (exact) mass is 215 g/mol. The van der Waals surface area contributed by atoms with Gasteiger partial charge in [-0.2, -0.15) is 0 Å². The van der Waals surface area contributed by atoms with E-state index >= 15 is 0 Å². The van der Waals surface area contributed by atoms with E-state index in [0.717, 1.165) is 11.3 Å². The molecule has 0 saturated heterocycles. The molecular formula is C13H13NO2. The lowest BCUT2D eigenvalue weighted by atomic mass is 10.1. The SMILES string of the molecule is COC(=O)c1ccc(-c2cccc(C)c2)[nH]1. The van der Waals surface area contributed by atoms with Crippen LogP contribution >= 0.6 is 0 Å². The molecule has 0 aliphatic rings. The fourth-order valence-corrected chi connectivity index (χ4v) is 1.61. The van der Waals surface area contributed by atoms with Crippen LogP contribution in [0.25, 0.3) is 11.3 Å². The molecule has 0 bridgehead atoms. The van der Waals surface area contributed by atoms with Crippen molar-refractivity contribution in [1.29, 1.82) is 0 Å². The topological polar surface area (TPSA) is 42.1 Å². The zero-order valence-corrected chi connectivity index (χ0v) is 9.28. The molecule has 16 heavy (non-hydrogen) atoms. The van der Waals surface area contributed by atoms with Crippen LogP contribution in [-0.4, -0.2) is 18.1 Å². The molecule has 3 heteroatoms. The number of nitrogens with one attached hydrogen (secondary N) is 1. The van der Waals surface area contributed by atoms with Crippen molar-refractivity contribution in [1.82, 2.24) is 4.98 Å². The van der Waals surface area contributed by atoms with Gasteiger partial charge in [0.2, 0.25) is 0 Å². The molecule has 2 aromatic rings. The number of aryl methyl sites for hydroxylation is 1. The maximum absolute atomic E-state index is 11.3. The highest BCUT2D eigenvalue weighted by Crippen LogP contribution is 2.19. The predicted octanol–water partition coefficient (Wildman–Crippen LogP) is 2.78. The van der Waals surface area contributed by atoms with Gasteiger partial charge in [0.15, 0.2) is 0 Å². The normalized spacial score (nSPS) is 10.1. The van der Waals surface area contributed by atoms with Crippen molar-refractivity contribution in [3.63, 3.8) is 0 Å². The van der Waals surface area contributed by atoms with Crippen LogP contribution in [0.4, 0.5) is 0 Å². The Labute approximate surface area is 94.1 Å². The van der Waals surface area contributed by atoms with Gasteiger partial charge in [0.25, 0.3) is 0 Å². The number of esters is 1. The predicted molar refractivity (Wildman–Crippen MR) is 62.3 cm³/mol. The zero-order valence-electron chi connectivity index (χ0n) is 9.28. The number of hydrogen-bond acceptors (Lipinski definition) is 2. The number of carbonyl (C=O) groups is 1. The number of hydrogen-bond donors (Lipinski definition) is 1. The minimum absolute atomic E-state index is 0.348. The summed E-state index contributed by atoms with van der Waals surface area (Å²) in [6.07, 6.45) is 0. The maximum atomic E-state index is 11.3. The summed E-state index contributed by atoms with van der Waals surface area (Å²) in [5, 5.41) is 0. The molecule has 2 rings (SSSR count). The van der Waals surface area contributed by atoms with Crippen LogP contribution in [-0.2, 0) is 4.74 Å². The second-order valence-electron chi connectivity index (χ2n) is 3.65. The molecule has 0 radical (unpaired) electrons.